The number of allylic oxidation sites excluding steroid dienone is 4. The molecule has 0 bridgehead atoms. The van der Waals surface area contributed by atoms with Crippen LogP contribution in [0, 0.1) is 17.2 Å². The molecule has 6 heteroatoms. The van der Waals surface area contributed by atoms with Gasteiger partial charge in [0, 0.05) is 12.0 Å². The normalized spacial score (nSPS) is 17.7. The molecule has 23 heavy (non-hydrogen) atoms. The molecule has 0 saturated heterocycles. The Morgan fingerprint density at radius 3 is 2.91 bits per heavy atom. The Hall–Kier alpha value is -2.94. The summed E-state index contributed by atoms with van der Waals surface area (Å²) in [7, 11) is 0. The summed E-state index contributed by atoms with van der Waals surface area (Å²) in [6.45, 7) is 0. The van der Waals surface area contributed by atoms with Gasteiger partial charge in [0.25, 0.3) is 5.91 Å². The number of amides is 1. The van der Waals surface area contributed by atoms with Crippen molar-refractivity contribution in [1.29, 1.82) is 5.26 Å². The van der Waals surface area contributed by atoms with Gasteiger partial charge in [0.2, 0.25) is 0 Å². The van der Waals surface area contributed by atoms with Crippen molar-refractivity contribution < 1.29 is 19.1 Å². The molecule has 2 unspecified atom stereocenters. The van der Waals surface area contributed by atoms with Crippen molar-refractivity contribution >= 4 is 11.9 Å². The molecule has 0 aliphatic heterocycles. The third kappa shape index (κ3) is 4.51. The first-order chi connectivity index (χ1) is 11.0. The van der Waals surface area contributed by atoms with Gasteiger partial charge in [0.05, 0.1) is 11.6 Å². The molecule has 0 spiro atoms. The number of carboxylic acids is 1. The van der Waals surface area contributed by atoms with E-state index < -0.39 is 17.9 Å². The highest BCUT2D eigenvalue weighted by Gasteiger charge is 2.25. The second-order valence-electron chi connectivity index (χ2n) is 5.26. The topological polar surface area (TPSA) is 90.2 Å². The van der Waals surface area contributed by atoms with Gasteiger partial charge in [0.15, 0.2) is 0 Å². The van der Waals surface area contributed by atoms with E-state index in [1.54, 1.807) is 24.3 Å². The van der Waals surface area contributed by atoms with Crippen LogP contribution in [0.15, 0.2) is 48.3 Å². The Bertz CT molecular complexity index is 719. The van der Waals surface area contributed by atoms with Gasteiger partial charge in [-0.05, 0) is 36.6 Å². The third-order valence-electron chi connectivity index (χ3n) is 3.51. The molecular weight excluding hydrogens is 299 g/mol. The predicted octanol–water partition coefficient (Wildman–Crippen LogP) is 2.56. The molecule has 0 saturated carbocycles. The van der Waals surface area contributed by atoms with E-state index in [-0.39, 0.29) is 30.1 Å². The number of nitriles is 1. The van der Waals surface area contributed by atoms with Gasteiger partial charge in [-0.15, -0.1) is 0 Å². The van der Waals surface area contributed by atoms with Crippen molar-refractivity contribution in [2.75, 3.05) is 0 Å². The monoisotopic (exact) mass is 314 g/mol. The van der Waals surface area contributed by atoms with Crippen LogP contribution in [0.5, 0.6) is 0 Å². The first kappa shape index (κ1) is 16.4. The Labute approximate surface area is 132 Å². The minimum atomic E-state index is -1.18. The molecule has 1 amide bonds. The lowest BCUT2D eigenvalue weighted by molar-refractivity contribution is -0.139. The molecule has 0 aromatic heterocycles. The second-order valence-corrected chi connectivity index (χ2v) is 5.26. The summed E-state index contributed by atoms with van der Waals surface area (Å²) in [5.41, 5.74) is 0.521. The highest BCUT2D eigenvalue weighted by Crippen LogP contribution is 2.23. The van der Waals surface area contributed by atoms with E-state index in [1.165, 1.54) is 18.2 Å². The number of nitrogens with zero attached hydrogens (tertiary/aromatic N) is 1. The molecule has 1 aliphatic carbocycles. The summed E-state index contributed by atoms with van der Waals surface area (Å²) in [5, 5.41) is 20.5. The van der Waals surface area contributed by atoms with E-state index >= 15 is 0 Å². The van der Waals surface area contributed by atoms with Crippen LogP contribution in [0.2, 0.25) is 0 Å². The summed E-state index contributed by atoms with van der Waals surface area (Å²) in [6, 6.07) is 6.77. The first-order valence-electron chi connectivity index (χ1n) is 7.06. The van der Waals surface area contributed by atoms with Crippen molar-refractivity contribution in [2.45, 2.75) is 18.9 Å². The van der Waals surface area contributed by atoms with Crippen molar-refractivity contribution in [3.8, 4) is 6.07 Å². The zero-order valence-electron chi connectivity index (χ0n) is 12.2. The van der Waals surface area contributed by atoms with Crippen LogP contribution < -0.4 is 5.32 Å². The van der Waals surface area contributed by atoms with Crippen molar-refractivity contribution in [3.05, 3.63) is 59.4 Å². The largest absolute Gasteiger partial charge is 0.480 e. The molecule has 1 aromatic carbocycles. The number of rotatable bonds is 5. The minimum Gasteiger partial charge on any atom is -0.480 e. The number of benzene rings is 1. The van der Waals surface area contributed by atoms with E-state index in [4.69, 9.17) is 5.26 Å². The predicted molar refractivity (Wildman–Crippen MR) is 81.1 cm³/mol. The number of halogens is 1. The Kier molecular flexibility index (Phi) is 5.26. The fourth-order valence-corrected chi connectivity index (χ4v) is 2.36. The highest BCUT2D eigenvalue weighted by atomic mass is 19.1. The molecule has 1 aliphatic rings. The van der Waals surface area contributed by atoms with Gasteiger partial charge in [-0.3, -0.25) is 4.79 Å². The molecule has 2 rings (SSSR count). The smallest absolute Gasteiger partial charge is 0.326 e. The molecular formula is C17H15FN2O3. The van der Waals surface area contributed by atoms with Crippen LogP contribution in [0.1, 0.15) is 28.8 Å². The second kappa shape index (κ2) is 7.36. The lowest BCUT2D eigenvalue weighted by atomic mass is 9.92. The van der Waals surface area contributed by atoms with Crippen molar-refractivity contribution in [1.82, 2.24) is 5.32 Å². The SMILES string of the molecule is N#Cc1cccc(C(=O)NC(CC2C=CC=C(F)C2)C(=O)O)c1. The summed E-state index contributed by atoms with van der Waals surface area (Å²) < 4.78 is 13.2. The summed E-state index contributed by atoms with van der Waals surface area (Å²) >= 11 is 0. The molecule has 0 heterocycles. The van der Waals surface area contributed by atoms with Gasteiger partial charge in [-0.25, -0.2) is 9.18 Å². The number of hydrogen-bond acceptors (Lipinski definition) is 3. The average Bonchev–Trinajstić information content (AvgIpc) is 2.54. The van der Waals surface area contributed by atoms with E-state index in [9.17, 15) is 19.1 Å². The van der Waals surface area contributed by atoms with Crippen LogP contribution >= 0.6 is 0 Å². The minimum absolute atomic E-state index is 0.0940. The van der Waals surface area contributed by atoms with E-state index in [2.05, 4.69) is 5.32 Å². The number of aliphatic carboxylic acids is 1. The fraction of sp³-hybridized carbons (Fsp3) is 0.235. The van der Waals surface area contributed by atoms with Crippen LogP contribution in [0.3, 0.4) is 0 Å². The maximum atomic E-state index is 13.2. The van der Waals surface area contributed by atoms with Gasteiger partial charge >= 0.3 is 5.97 Å². The number of hydrogen-bond donors (Lipinski definition) is 2. The number of carboxylic acid groups (broad SMARTS) is 1. The van der Waals surface area contributed by atoms with E-state index in [1.807, 2.05) is 6.07 Å². The summed E-state index contributed by atoms with van der Waals surface area (Å²) in [6.07, 6.45) is 4.82. The zero-order valence-corrected chi connectivity index (χ0v) is 12.2. The van der Waals surface area contributed by atoms with Gasteiger partial charge in [0.1, 0.15) is 11.9 Å². The standard InChI is InChI=1S/C17H15FN2O3/c18-14-6-2-3-11(8-14)9-15(17(22)23)20-16(21)13-5-1-4-12(7-13)10-19/h1-7,11,15H,8-9H2,(H,20,21)(H,22,23). The molecule has 2 atom stereocenters. The lowest BCUT2D eigenvalue weighted by Gasteiger charge is -2.20. The molecule has 2 N–H and O–H groups in total. The molecule has 118 valence electrons. The molecule has 1 aromatic rings. The molecule has 0 radical (unpaired) electrons. The number of carbonyl (C=O) groups is 2. The van der Waals surface area contributed by atoms with Crippen LogP contribution in [-0.4, -0.2) is 23.0 Å². The summed E-state index contributed by atoms with van der Waals surface area (Å²) in [5.74, 6) is -2.36. The zero-order chi connectivity index (χ0) is 16.8. The Morgan fingerprint density at radius 1 is 1.48 bits per heavy atom. The molecule has 5 nitrogen and oxygen atoms in total. The quantitative estimate of drug-likeness (QED) is 0.874. The van der Waals surface area contributed by atoms with Crippen molar-refractivity contribution in [3.63, 3.8) is 0 Å². The number of carbonyl (C=O) groups excluding carboxylic acids is 1. The van der Waals surface area contributed by atoms with Gasteiger partial charge in [-0.2, -0.15) is 5.26 Å². The average molecular weight is 314 g/mol. The van der Waals surface area contributed by atoms with Crippen molar-refractivity contribution in [2.24, 2.45) is 5.92 Å². The van der Waals surface area contributed by atoms with E-state index in [0.29, 0.717) is 5.56 Å². The highest BCUT2D eigenvalue weighted by molar-refractivity contribution is 5.96. The maximum absolute atomic E-state index is 13.2. The van der Waals surface area contributed by atoms with Gasteiger partial charge in [-0.1, -0.05) is 18.2 Å². The first-order valence-corrected chi connectivity index (χ1v) is 7.06. The van der Waals surface area contributed by atoms with Gasteiger partial charge < -0.3 is 10.4 Å². The van der Waals surface area contributed by atoms with Crippen LogP contribution in [0.25, 0.3) is 0 Å². The van der Waals surface area contributed by atoms with E-state index in [0.717, 1.165) is 0 Å². The Morgan fingerprint density at radius 2 is 2.26 bits per heavy atom. The Balaban J connectivity index is 2.06. The lowest BCUT2D eigenvalue weighted by Crippen LogP contribution is -2.42. The maximum Gasteiger partial charge on any atom is 0.326 e. The van der Waals surface area contributed by atoms with Crippen LogP contribution in [0.4, 0.5) is 4.39 Å². The fourth-order valence-electron chi connectivity index (χ4n) is 2.36. The third-order valence-corrected chi connectivity index (χ3v) is 3.51. The number of nitrogens with one attached hydrogen (secondary N) is 1. The molecule has 0 fully saturated rings. The summed E-state index contributed by atoms with van der Waals surface area (Å²) in [4.78, 5) is 23.5. The van der Waals surface area contributed by atoms with Crippen LogP contribution in [-0.2, 0) is 4.79 Å².